The fourth-order valence-corrected chi connectivity index (χ4v) is 5.89. The summed E-state index contributed by atoms with van der Waals surface area (Å²) in [5.41, 5.74) is 1.64. The van der Waals surface area contributed by atoms with Crippen LogP contribution in [0.5, 0.6) is 5.75 Å². The third-order valence-corrected chi connectivity index (χ3v) is 8.63. The van der Waals surface area contributed by atoms with Crippen LogP contribution in [-0.2, 0) is 9.71 Å². The molecule has 5 rings (SSSR count). The Morgan fingerprint density at radius 2 is 1.82 bits per heavy atom. The smallest absolute Gasteiger partial charge is 0.265 e. The molecule has 0 spiro atoms. The molecule has 3 fully saturated rings. The Labute approximate surface area is 193 Å². The van der Waals surface area contributed by atoms with E-state index in [-0.39, 0.29) is 28.7 Å². The van der Waals surface area contributed by atoms with Gasteiger partial charge in [-0.1, -0.05) is 0 Å². The van der Waals surface area contributed by atoms with E-state index in [2.05, 4.69) is 15.5 Å². The Bertz CT molecular complexity index is 1160. The molecule has 1 unspecified atom stereocenters. The third kappa shape index (κ3) is 5.00. The summed E-state index contributed by atoms with van der Waals surface area (Å²) in [6.45, 7) is 1.46. The molecule has 2 aliphatic carbocycles. The maximum Gasteiger partial charge on any atom is 0.265 e. The van der Waals surface area contributed by atoms with Crippen LogP contribution in [0.3, 0.4) is 0 Å². The van der Waals surface area contributed by atoms with Crippen molar-refractivity contribution >= 4 is 27.2 Å². The number of nitrogens with one attached hydrogen (secondary N) is 1. The lowest BCUT2D eigenvalue weighted by Crippen LogP contribution is -2.41. The topological polar surface area (TPSA) is 58.6 Å². The van der Waals surface area contributed by atoms with Crippen molar-refractivity contribution in [1.82, 2.24) is 4.72 Å². The lowest BCUT2D eigenvalue weighted by Gasteiger charge is -2.35. The largest absolute Gasteiger partial charge is 0.488 e. The molecular formula is C25H28F2N2O3S. The molecule has 2 aromatic carbocycles. The molecule has 1 N–H and O–H groups in total. The van der Waals surface area contributed by atoms with Crippen molar-refractivity contribution in [2.24, 2.45) is 0 Å². The van der Waals surface area contributed by atoms with Crippen molar-refractivity contribution in [1.29, 1.82) is 0 Å². The number of amides is 1. The lowest BCUT2D eigenvalue weighted by atomic mass is 10.0. The highest BCUT2D eigenvalue weighted by molar-refractivity contribution is 7.99. The van der Waals surface area contributed by atoms with E-state index in [9.17, 15) is 17.8 Å². The van der Waals surface area contributed by atoms with Gasteiger partial charge in [-0.05, 0) is 86.2 Å². The molecule has 0 radical (unpaired) electrons. The molecule has 176 valence electrons. The maximum absolute atomic E-state index is 15.0. The van der Waals surface area contributed by atoms with Crippen LogP contribution < -0.4 is 14.4 Å². The molecule has 2 aromatic rings. The SMILES string of the molecule is C=S(=O)(NC(=O)c1cc(C2CC2)c(O[C@@H]2CCCN(c3ccc(F)cc3)C2)cc1F)C1CC1. The van der Waals surface area contributed by atoms with Gasteiger partial charge >= 0.3 is 0 Å². The first-order valence-corrected chi connectivity index (χ1v) is 13.3. The van der Waals surface area contributed by atoms with Gasteiger partial charge in [0, 0.05) is 23.5 Å². The van der Waals surface area contributed by atoms with Crippen molar-refractivity contribution in [3.05, 3.63) is 59.2 Å². The molecule has 1 heterocycles. The average Bonchev–Trinajstić information content (AvgIpc) is 3.67. The van der Waals surface area contributed by atoms with Crippen LogP contribution >= 0.6 is 0 Å². The van der Waals surface area contributed by atoms with E-state index >= 15 is 0 Å². The van der Waals surface area contributed by atoms with E-state index < -0.39 is 21.4 Å². The molecule has 0 aromatic heterocycles. The predicted octanol–water partition coefficient (Wildman–Crippen LogP) is 4.41. The van der Waals surface area contributed by atoms with Gasteiger partial charge in [0.2, 0.25) is 0 Å². The molecule has 3 aliphatic rings. The summed E-state index contributed by atoms with van der Waals surface area (Å²) in [7, 11) is -2.76. The third-order valence-electron chi connectivity index (χ3n) is 6.55. The minimum Gasteiger partial charge on any atom is -0.488 e. The Morgan fingerprint density at radius 1 is 1.09 bits per heavy atom. The number of rotatable bonds is 7. The number of hydrogen-bond donors (Lipinski definition) is 1. The van der Waals surface area contributed by atoms with Gasteiger partial charge in [0.15, 0.2) is 0 Å². The number of piperidine rings is 1. The zero-order valence-corrected chi connectivity index (χ0v) is 19.2. The Morgan fingerprint density at radius 3 is 2.48 bits per heavy atom. The van der Waals surface area contributed by atoms with Gasteiger partial charge in [-0.25, -0.2) is 13.0 Å². The van der Waals surface area contributed by atoms with Crippen LogP contribution in [0.25, 0.3) is 0 Å². The van der Waals surface area contributed by atoms with Crippen LogP contribution in [0, 0.1) is 11.6 Å². The first kappa shape index (κ1) is 22.2. The van der Waals surface area contributed by atoms with Crippen LogP contribution in [0.2, 0.25) is 0 Å². The fraction of sp³-hybridized carbons (Fsp3) is 0.440. The van der Waals surface area contributed by atoms with E-state index in [0.29, 0.717) is 12.3 Å². The molecule has 33 heavy (non-hydrogen) atoms. The number of anilines is 1. The summed E-state index contributed by atoms with van der Waals surface area (Å²) in [5.74, 6) is 2.70. The van der Waals surface area contributed by atoms with E-state index in [1.807, 2.05) is 0 Å². The van der Waals surface area contributed by atoms with Crippen LogP contribution in [0.4, 0.5) is 14.5 Å². The number of carbonyl (C=O) groups is 1. The summed E-state index contributed by atoms with van der Waals surface area (Å²) < 4.78 is 49.5. The van der Waals surface area contributed by atoms with Crippen LogP contribution in [0.1, 0.15) is 60.4 Å². The Balaban J connectivity index is 1.34. The molecule has 0 bridgehead atoms. The zero-order chi connectivity index (χ0) is 23.2. The van der Waals surface area contributed by atoms with Crippen molar-refractivity contribution < 1.29 is 22.5 Å². The van der Waals surface area contributed by atoms with E-state index in [4.69, 9.17) is 4.74 Å². The average molecular weight is 475 g/mol. The molecular weight excluding hydrogens is 446 g/mol. The van der Waals surface area contributed by atoms with Gasteiger partial charge in [-0.3, -0.25) is 9.52 Å². The Kier molecular flexibility index (Phi) is 5.80. The molecule has 8 heteroatoms. The van der Waals surface area contributed by atoms with E-state index in [0.717, 1.165) is 56.3 Å². The highest BCUT2D eigenvalue weighted by Gasteiger charge is 2.34. The molecule has 2 atom stereocenters. The summed E-state index contributed by atoms with van der Waals surface area (Å²) in [4.78, 5) is 14.8. The zero-order valence-electron chi connectivity index (χ0n) is 18.4. The fourth-order valence-electron chi connectivity index (χ4n) is 4.41. The van der Waals surface area contributed by atoms with Crippen LogP contribution in [0.15, 0.2) is 36.4 Å². The number of halogens is 2. The predicted molar refractivity (Wildman–Crippen MR) is 126 cm³/mol. The summed E-state index contributed by atoms with van der Waals surface area (Å²) in [5, 5.41) is -0.120. The summed E-state index contributed by atoms with van der Waals surface area (Å²) in [6, 6.07) is 9.24. The second kappa shape index (κ2) is 8.63. The van der Waals surface area contributed by atoms with Gasteiger partial charge in [-0.2, -0.15) is 0 Å². The van der Waals surface area contributed by atoms with Gasteiger partial charge in [0.1, 0.15) is 23.5 Å². The van der Waals surface area contributed by atoms with Gasteiger partial charge in [0.25, 0.3) is 5.91 Å². The highest BCUT2D eigenvalue weighted by Crippen LogP contribution is 2.45. The Hall–Kier alpha value is -2.61. The second-order valence-corrected chi connectivity index (χ2v) is 11.6. The quantitative estimate of drug-likeness (QED) is 0.604. The summed E-state index contributed by atoms with van der Waals surface area (Å²) >= 11 is 0. The number of nitrogens with zero attached hydrogens (tertiary/aromatic N) is 1. The van der Waals surface area contributed by atoms with Crippen molar-refractivity contribution in [2.45, 2.75) is 55.8 Å². The van der Waals surface area contributed by atoms with Gasteiger partial charge in [-0.15, -0.1) is 0 Å². The van der Waals surface area contributed by atoms with E-state index in [1.165, 1.54) is 18.2 Å². The first-order valence-electron chi connectivity index (χ1n) is 11.5. The first-order chi connectivity index (χ1) is 15.8. The molecule has 1 saturated heterocycles. The number of carbonyl (C=O) groups excluding carboxylic acids is 1. The highest BCUT2D eigenvalue weighted by atomic mass is 32.2. The monoisotopic (exact) mass is 474 g/mol. The standard InChI is InChI=1S/C25H28F2N2O3S/c1-33(31,20-10-11-20)28-25(30)22-13-21(16-4-5-16)24(14-23(22)27)32-19-3-2-12-29(15-19)18-8-6-17(26)7-9-18/h6-9,13-14,16,19-20H,1-5,10-12,15H2,(H,28,30,31)/t19-,33?/m1/s1. The van der Waals surface area contributed by atoms with Gasteiger partial charge < -0.3 is 9.64 Å². The second-order valence-electron chi connectivity index (χ2n) is 9.31. The van der Waals surface area contributed by atoms with Crippen molar-refractivity contribution in [3.8, 4) is 5.75 Å². The number of ether oxygens (including phenoxy) is 1. The molecule has 5 nitrogen and oxygen atoms in total. The molecule has 1 amide bonds. The van der Waals surface area contributed by atoms with Crippen molar-refractivity contribution in [3.63, 3.8) is 0 Å². The number of benzene rings is 2. The maximum atomic E-state index is 15.0. The van der Waals surface area contributed by atoms with Gasteiger partial charge in [0.05, 0.1) is 21.8 Å². The van der Waals surface area contributed by atoms with Crippen LogP contribution in [-0.4, -0.2) is 40.4 Å². The van der Waals surface area contributed by atoms with Crippen molar-refractivity contribution in [2.75, 3.05) is 18.0 Å². The summed E-state index contributed by atoms with van der Waals surface area (Å²) in [6.07, 6.45) is 5.05. The lowest BCUT2D eigenvalue weighted by molar-refractivity contribution is 0.0978. The molecule has 2 saturated carbocycles. The van der Waals surface area contributed by atoms with E-state index in [1.54, 1.807) is 18.2 Å². The minimum absolute atomic E-state index is 0.113. The minimum atomic E-state index is -2.76. The number of hydrogen-bond acceptors (Lipinski definition) is 4. The normalized spacial score (nSPS) is 22.5. The molecule has 1 aliphatic heterocycles.